The van der Waals surface area contributed by atoms with Gasteiger partial charge in [-0.2, -0.15) is 26.3 Å². The zero-order valence-corrected chi connectivity index (χ0v) is 18.6. The number of methoxy groups -OCH3 is 1. The Balaban J connectivity index is 2.11. The van der Waals surface area contributed by atoms with E-state index >= 15 is 0 Å². The van der Waals surface area contributed by atoms with Crippen molar-refractivity contribution in [2.75, 3.05) is 12.4 Å². The Hall–Kier alpha value is -3.35. The second kappa shape index (κ2) is 9.02. The first-order valence-electron chi connectivity index (χ1n) is 10.2. The second-order valence-electron chi connectivity index (χ2n) is 8.17. The smallest absolute Gasteiger partial charge is 0.419 e. The lowest BCUT2D eigenvalue weighted by atomic mass is 9.76. The van der Waals surface area contributed by atoms with Crippen molar-refractivity contribution in [2.45, 2.75) is 43.8 Å². The Bertz CT molecular complexity index is 1140. The van der Waals surface area contributed by atoms with Gasteiger partial charge in [0.25, 0.3) is 11.8 Å². The monoisotopic (exact) mass is 505 g/mol. The maximum atomic E-state index is 14.0. The molecular formula is C22H21F6N3O4. The number of nitrogens with zero attached hydrogens (tertiary/aromatic N) is 1. The average Bonchev–Trinajstić information content (AvgIpc) is 3.04. The van der Waals surface area contributed by atoms with Crippen LogP contribution in [-0.4, -0.2) is 41.8 Å². The van der Waals surface area contributed by atoms with E-state index in [4.69, 9.17) is 15.2 Å². The van der Waals surface area contributed by atoms with Crippen molar-refractivity contribution in [3.63, 3.8) is 0 Å². The van der Waals surface area contributed by atoms with Gasteiger partial charge in [-0.25, -0.2) is 0 Å². The molecule has 0 saturated carbocycles. The number of rotatable bonds is 5. The fourth-order valence-electron chi connectivity index (χ4n) is 4.15. The van der Waals surface area contributed by atoms with Crippen LogP contribution in [0.25, 0.3) is 0 Å². The number of hydrogen-bond donors (Lipinski definition) is 2. The van der Waals surface area contributed by atoms with E-state index in [1.165, 1.54) is 12.1 Å². The summed E-state index contributed by atoms with van der Waals surface area (Å²) >= 11 is 0. The summed E-state index contributed by atoms with van der Waals surface area (Å²) in [7, 11) is 0.953. The summed E-state index contributed by atoms with van der Waals surface area (Å²) in [6.45, 7) is 1.87. The fourth-order valence-corrected chi connectivity index (χ4v) is 4.15. The number of nitrogens with one attached hydrogen (secondary N) is 1. The zero-order valence-electron chi connectivity index (χ0n) is 18.6. The number of anilines is 1. The van der Waals surface area contributed by atoms with Crippen molar-refractivity contribution >= 4 is 17.5 Å². The molecule has 1 aliphatic heterocycles. The Morgan fingerprint density at radius 1 is 1.17 bits per heavy atom. The molecule has 35 heavy (non-hydrogen) atoms. The lowest BCUT2D eigenvalue weighted by molar-refractivity contribution is -0.272. The molecule has 2 heterocycles. The van der Waals surface area contributed by atoms with Crippen molar-refractivity contribution in [1.82, 2.24) is 4.98 Å². The van der Waals surface area contributed by atoms with Gasteiger partial charge in [0, 0.05) is 29.3 Å². The summed E-state index contributed by atoms with van der Waals surface area (Å²) in [6, 6.07) is 5.27. The molecule has 1 fully saturated rings. The number of aromatic nitrogens is 1. The Labute approximate surface area is 195 Å². The molecule has 190 valence electrons. The van der Waals surface area contributed by atoms with E-state index in [2.05, 4.69) is 10.3 Å². The number of benzene rings is 1. The Morgan fingerprint density at radius 3 is 2.37 bits per heavy atom. The third kappa shape index (κ3) is 4.77. The van der Waals surface area contributed by atoms with Gasteiger partial charge in [0.05, 0.1) is 12.7 Å². The minimum Gasteiger partial charge on any atom is -0.496 e. The number of amides is 2. The van der Waals surface area contributed by atoms with Crippen molar-refractivity contribution in [1.29, 1.82) is 0 Å². The molecule has 4 atom stereocenters. The number of ether oxygens (including phenoxy) is 2. The number of nitrogens with two attached hydrogens (primary N) is 1. The van der Waals surface area contributed by atoms with Gasteiger partial charge in [-0.3, -0.25) is 14.6 Å². The summed E-state index contributed by atoms with van der Waals surface area (Å²) < 4.78 is 93.0. The summed E-state index contributed by atoms with van der Waals surface area (Å²) in [6.07, 6.45) is -10.5. The van der Waals surface area contributed by atoms with Crippen molar-refractivity contribution in [3.8, 4) is 5.75 Å². The molecule has 3 rings (SSSR count). The summed E-state index contributed by atoms with van der Waals surface area (Å²) in [4.78, 5) is 28.2. The van der Waals surface area contributed by atoms with Crippen molar-refractivity contribution < 1.29 is 45.4 Å². The second-order valence-corrected chi connectivity index (χ2v) is 8.17. The molecule has 0 unspecified atom stereocenters. The highest BCUT2D eigenvalue weighted by molar-refractivity contribution is 5.97. The van der Waals surface area contributed by atoms with Crippen LogP contribution in [0.4, 0.5) is 32.0 Å². The van der Waals surface area contributed by atoms with Crippen LogP contribution in [0, 0.1) is 5.92 Å². The maximum absolute atomic E-state index is 14.0. The van der Waals surface area contributed by atoms with Gasteiger partial charge in [-0.15, -0.1) is 0 Å². The minimum atomic E-state index is -4.95. The predicted molar refractivity (Wildman–Crippen MR) is 111 cm³/mol. The van der Waals surface area contributed by atoms with E-state index < -0.39 is 59.0 Å². The molecule has 0 aliphatic carbocycles. The number of carbonyl (C=O) groups excluding carboxylic acids is 2. The van der Waals surface area contributed by atoms with Crippen LogP contribution >= 0.6 is 0 Å². The molecule has 3 N–H and O–H groups in total. The number of para-hydroxylation sites is 1. The third-order valence-corrected chi connectivity index (χ3v) is 6.12. The van der Waals surface area contributed by atoms with Crippen LogP contribution in [0.5, 0.6) is 5.75 Å². The first-order chi connectivity index (χ1) is 16.1. The van der Waals surface area contributed by atoms with Gasteiger partial charge >= 0.3 is 12.4 Å². The number of hydrogen-bond acceptors (Lipinski definition) is 5. The van der Waals surface area contributed by atoms with Crippen LogP contribution < -0.4 is 15.8 Å². The zero-order chi connectivity index (χ0) is 26.3. The van der Waals surface area contributed by atoms with Crippen LogP contribution in [0.3, 0.4) is 0 Å². The SMILES string of the molecule is COc1c([C@H]2[C@@H](C(=O)Nc3ccnc(C(N)=O)c3)O[C@](C)(C(F)(F)F)[C@@H]2C)cccc1C(F)(F)F. The van der Waals surface area contributed by atoms with Crippen LogP contribution in [-0.2, 0) is 15.7 Å². The highest BCUT2D eigenvalue weighted by Crippen LogP contribution is 2.55. The number of alkyl halides is 6. The molecule has 2 amide bonds. The van der Waals surface area contributed by atoms with Crippen LogP contribution in [0.15, 0.2) is 36.5 Å². The van der Waals surface area contributed by atoms with Gasteiger partial charge in [-0.1, -0.05) is 19.1 Å². The molecule has 2 aromatic rings. The maximum Gasteiger partial charge on any atom is 0.419 e. The standard InChI is InChI=1S/C22H21F6N3O4/c1-10-15(12-5-4-6-13(16(12)34-3)21(23,24)25)17(35-20(10,2)22(26,27)28)19(33)31-11-7-8-30-14(9-11)18(29)32/h4-10,15,17H,1-3H3,(H2,29,32)(H,30,31,33)/t10-,15+,17+,20+/m1/s1. The van der Waals surface area contributed by atoms with E-state index in [0.29, 0.717) is 0 Å². The lowest BCUT2D eigenvalue weighted by Gasteiger charge is -2.32. The number of primary amides is 1. The van der Waals surface area contributed by atoms with Crippen molar-refractivity contribution in [3.05, 3.63) is 53.3 Å². The summed E-state index contributed by atoms with van der Waals surface area (Å²) in [5.41, 5.74) is 0.564. The average molecular weight is 505 g/mol. The fraction of sp³-hybridized carbons (Fsp3) is 0.409. The molecule has 1 aliphatic rings. The molecule has 1 saturated heterocycles. The number of halogens is 6. The Kier molecular flexibility index (Phi) is 6.77. The number of carbonyl (C=O) groups is 2. The molecule has 0 bridgehead atoms. The first-order valence-corrected chi connectivity index (χ1v) is 10.2. The quantitative estimate of drug-likeness (QED) is 0.591. The van der Waals surface area contributed by atoms with Crippen LogP contribution in [0.1, 0.15) is 41.4 Å². The molecule has 0 spiro atoms. The third-order valence-electron chi connectivity index (χ3n) is 6.12. The van der Waals surface area contributed by atoms with Gasteiger partial charge in [-0.05, 0) is 25.1 Å². The number of pyridine rings is 1. The molecule has 7 nitrogen and oxygen atoms in total. The normalized spacial score (nSPS) is 24.8. The van der Waals surface area contributed by atoms with E-state index in [-0.39, 0.29) is 16.9 Å². The molecule has 13 heteroatoms. The van der Waals surface area contributed by atoms with Crippen LogP contribution in [0.2, 0.25) is 0 Å². The highest BCUT2D eigenvalue weighted by Gasteiger charge is 2.66. The van der Waals surface area contributed by atoms with Gasteiger partial charge in [0.2, 0.25) is 0 Å². The largest absolute Gasteiger partial charge is 0.496 e. The lowest BCUT2D eigenvalue weighted by Crippen LogP contribution is -2.47. The van der Waals surface area contributed by atoms with Gasteiger partial charge in [0.1, 0.15) is 17.5 Å². The summed E-state index contributed by atoms with van der Waals surface area (Å²) in [5.74, 6) is -5.66. The minimum absolute atomic E-state index is 0.0228. The van der Waals surface area contributed by atoms with E-state index in [1.54, 1.807) is 0 Å². The van der Waals surface area contributed by atoms with Gasteiger partial charge in [0.15, 0.2) is 5.60 Å². The van der Waals surface area contributed by atoms with E-state index in [0.717, 1.165) is 45.4 Å². The first kappa shape index (κ1) is 26.3. The Morgan fingerprint density at radius 2 is 1.83 bits per heavy atom. The topological polar surface area (TPSA) is 104 Å². The molecule has 1 aromatic carbocycles. The predicted octanol–water partition coefficient (Wildman–Crippen LogP) is 4.29. The van der Waals surface area contributed by atoms with E-state index in [9.17, 15) is 35.9 Å². The highest BCUT2D eigenvalue weighted by atomic mass is 19.4. The summed E-state index contributed by atoms with van der Waals surface area (Å²) in [5, 5.41) is 2.33. The molecule has 1 aromatic heterocycles. The molecular weight excluding hydrogens is 484 g/mol. The van der Waals surface area contributed by atoms with E-state index in [1.807, 2.05) is 0 Å². The van der Waals surface area contributed by atoms with Crippen molar-refractivity contribution in [2.24, 2.45) is 11.7 Å². The van der Waals surface area contributed by atoms with Gasteiger partial charge < -0.3 is 20.5 Å². The molecule has 0 radical (unpaired) electrons.